The molecule has 0 bridgehead atoms. The van der Waals surface area contributed by atoms with Crippen LogP contribution in [0.3, 0.4) is 0 Å². The van der Waals surface area contributed by atoms with Crippen molar-refractivity contribution in [3.05, 3.63) is 52.0 Å². The number of aromatic nitrogens is 1. The highest BCUT2D eigenvalue weighted by atomic mass is 32.1. The van der Waals surface area contributed by atoms with Crippen LogP contribution < -0.4 is 10.6 Å². The van der Waals surface area contributed by atoms with E-state index in [0.29, 0.717) is 30.5 Å². The standard InChI is InChI=1S/C19H25F3N4S/c1-3-23-18(25-14(2)9-10-15-7-5-4-6-8-15)24-12-11-17-26-16(13-27-17)19(20,21)22/h4-8,13-14H,3,9-12H2,1-2H3,(H2,23,24,25). The molecule has 0 saturated carbocycles. The zero-order chi connectivity index (χ0) is 19.7. The second kappa shape index (κ2) is 10.3. The molecule has 4 nitrogen and oxygen atoms in total. The van der Waals surface area contributed by atoms with Crippen molar-refractivity contribution in [2.45, 2.75) is 45.3 Å². The van der Waals surface area contributed by atoms with E-state index >= 15 is 0 Å². The van der Waals surface area contributed by atoms with Crippen LogP contribution in [0.15, 0.2) is 40.7 Å². The third-order valence-corrected chi connectivity index (χ3v) is 4.78. The van der Waals surface area contributed by atoms with E-state index in [1.807, 2.05) is 25.1 Å². The van der Waals surface area contributed by atoms with Crippen molar-refractivity contribution in [1.82, 2.24) is 15.6 Å². The molecule has 2 aromatic rings. The molecule has 1 aromatic carbocycles. The second-order valence-corrected chi connectivity index (χ2v) is 7.15. The van der Waals surface area contributed by atoms with E-state index in [-0.39, 0.29) is 6.04 Å². The molecular weight excluding hydrogens is 373 g/mol. The fraction of sp³-hybridized carbons (Fsp3) is 0.474. The Labute approximate surface area is 161 Å². The zero-order valence-corrected chi connectivity index (χ0v) is 16.3. The number of guanidine groups is 1. The first-order valence-electron chi connectivity index (χ1n) is 8.99. The lowest BCUT2D eigenvalue weighted by Crippen LogP contribution is -2.42. The number of alkyl halides is 3. The Balaban J connectivity index is 1.83. The number of nitrogens with one attached hydrogen (secondary N) is 2. The molecule has 0 aliphatic heterocycles. The van der Waals surface area contributed by atoms with Crippen LogP contribution in [-0.2, 0) is 19.0 Å². The predicted octanol–water partition coefficient (Wildman–Crippen LogP) is 4.28. The summed E-state index contributed by atoms with van der Waals surface area (Å²) in [7, 11) is 0. The highest BCUT2D eigenvalue weighted by Gasteiger charge is 2.33. The van der Waals surface area contributed by atoms with Gasteiger partial charge in [0.15, 0.2) is 11.7 Å². The minimum Gasteiger partial charge on any atom is -0.357 e. The van der Waals surface area contributed by atoms with Gasteiger partial charge in [0, 0.05) is 30.9 Å². The summed E-state index contributed by atoms with van der Waals surface area (Å²) in [5, 5.41) is 8.01. The van der Waals surface area contributed by atoms with Crippen LogP contribution in [-0.4, -0.2) is 30.1 Å². The molecule has 1 unspecified atom stereocenters. The van der Waals surface area contributed by atoms with E-state index < -0.39 is 11.9 Å². The maximum Gasteiger partial charge on any atom is 0.434 e. The summed E-state index contributed by atoms with van der Waals surface area (Å²) >= 11 is 1.02. The van der Waals surface area contributed by atoms with E-state index in [2.05, 4.69) is 39.7 Å². The molecule has 0 fully saturated rings. The van der Waals surface area contributed by atoms with Crippen molar-refractivity contribution in [2.75, 3.05) is 13.1 Å². The third-order valence-electron chi connectivity index (χ3n) is 3.87. The second-order valence-electron chi connectivity index (χ2n) is 6.20. The molecule has 2 rings (SSSR count). The SMILES string of the molecule is CCNC(=NCCc1nc(C(F)(F)F)cs1)NC(C)CCc1ccccc1. The van der Waals surface area contributed by atoms with Gasteiger partial charge in [-0.25, -0.2) is 4.98 Å². The number of rotatable bonds is 8. The summed E-state index contributed by atoms with van der Waals surface area (Å²) < 4.78 is 37.8. The van der Waals surface area contributed by atoms with Gasteiger partial charge in [-0.05, 0) is 32.3 Å². The lowest BCUT2D eigenvalue weighted by molar-refractivity contribution is -0.140. The number of halogens is 3. The van der Waals surface area contributed by atoms with Crippen molar-refractivity contribution in [3.63, 3.8) is 0 Å². The largest absolute Gasteiger partial charge is 0.434 e. The van der Waals surface area contributed by atoms with Gasteiger partial charge in [-0.2, -0.15) is 13.2 Å². The molecule has 0 aliphatic carbocycles. The van der Waals surface area contributed by atoms with Gasteiger partial charge in [-0.3, -0.25) is 4.99 Å². The Kier molecular flexibility index (Phi) is 8.09. The molecule has 0 saturated heterocycles. The Morgan fingerprint density at radius 2 is 1.96 bits per heavy atom. The van der Waals surface area contributed by atoms with Gasteiger partial charge in [-0.1, -0.05) is 30.3 Å². The van der Waals surface area contributed by atoms with Crippen LogP contribution >= 0.6 is 11.3 Å². The average molecular weight is 398 g/mol. The molecule has 148 valence electrons. The molecule has 0 spiro atoms. The number of benzene rings is 1. The molecule has 1 aromatic heterocycles. The van der Waals surface area contributed by atoms with E-state index in [0.717, 1.165) is 29.6 Å². The Morgan fingerprint density at radius 3 is 2.59 bits per heavy atom. The number of aryl methyl sites for hydroxylation is 1. The fourth-order valence-corrected chi connectivity index (χ4v) is 3.27. The van der Waals surface area contributed by atoms with Gasteiger partial charge in [0.1, 0.15) is 0 Å². The van der Waals surface area contributed by atoms with Crippen molar-refractivity contribution in [3.8, 4) is 0 Å². The van der Waals surface area contributed by atoms with Gasteiger partial charge in [0.25, 0.3) is 0 Å². The summed E-state index contributed by atoms with van der Waals surface area (Å²) in [4.78, 5) is 8.09. The van der Waals surface area contributed by atoms with Gasteiger partial charge in [0.05, 0.1) is 5.01 Å². The first-order valence-corrected chi connectivity index (χ1v) is 9.86. The highest BCUT2D eigenvalue weighted by Crippen LogP contribution is 2.30. The van der Waals surface area contributed by atoms with Gasteiger partial charge >= 0.3 is 6.18 Å². The van der Waals surface area contributed by atoms with Crippen LogP contribution in [0, 0.1) is 0 Å². The smallest absolute Gasteiger partial charge is 0.357 e. The van der Waals surface area contributed by atoms with Crippen molar-refractivity contribution < 1.29 is 13.2 Å². The topological polar surface area (TPSA) is 49.3 Å². The van der Waals surface area contributed by atoms with Crippen molar-refractivity contribution in [2.24, 2.45) is 4.99 Å². The van der Waals surface area contributed by atoms with Crippen LogP contribution in [0.1, 0.15) is 36.5 Å². The molecule has 8 heteroatoms. The van der Waals surface area contributed by atoms with E-state index in [9.17, 15) is 13.2 Å². The Hall–Kier alpha value is -2.09. The molecule has 1 heterocycles. The molecule has 0 radical (unpaired) electrons. The van der Waals surface area contributed by atoms with E-state index in [1.165, 1.54) is 5.56 Å². The first-order chi connectivity index (χ1) is 12.9. The molecule has 0 aliphatic rings. The number of aliphatic imine (C=N–C) groups is 1. The third kappa shape index (κ3) is 7.58. The predicted molar refractivity (Wildman–Crippen MR) is 104 cm³/mol. The van der Waals surface area contributed by atoms with Gasteiger partial charge < -0.3 is 10.6 Å². The summed E-state index contributed by atoms with van der Waals surface area (Å²) in [5.74, 6) is 0.672. The minimum atomic E-state index is -4.39. The van der Waals surface area contributed by atoms with Gasteiger partial charge in [0.2, 0.25) is 0 Å². The summed E-state index contributed by atoms with van der Waals surface area (Å²) in [6, 6.07) is 10.5. The van der Waals surface area contributed by atoms with Crippen LogP contribution in [0.2, 0.25) is 0 Å². The molecule has 2 N–H and O–H groups in total. The minimum absolute atomic E-state index is 0.222. The maximum absolute atomic E-state index is 12.6. The molecule has 27 heavy (non-hydrogen) atoms. The maximum atomic E-state index is 12.6. The molecule has 1 atom stereocenters. The summed E-state index contributed by atoms with van der Waals surface area (Å²) in [6.45, 7) is 5.16. The first kappa shape index (κ1) is 21.2. The molecular formula is C19H25F3N4S. The lowest BCUT2D eigenvalue weighted by Gasteiger charge is -2.17. The summed E-state index contributed by atoms with van der Waals surface area (Å²) in [6.07, 6.45) is -2.08. The normalized spacial score (nSPS) is 13.4. The quantitative estimate of drug-likeness (QED) is 0.515. The zero-order valence-electron chi connectivity index (χ0n) is 15.5. The highest BCUT2D eigenvalue weighted by molar-refractivity contribution is 7.09. The average Bonchev–Trinajstić information content (AvgIpc) is 3.10. The van der Waals surface area contributed by atoms with Crippen LogP contribution in [0.4, 0.5) is 13.2 Å². The number of hydrogen-bond donors (Lipinski definition) is 2. The molecule has 0 amide bonds. The number of thiazole rings is 1. The van der Waals surface area contributed by atoms with Crippen molar-refractivity contribution >= 4 is 17.3 Å². The van der Waals surface area contributed by atoms with Crippen LogP contribution in [0.25, 0.3) is 0 Å². The monoisotopic (exact) mass is 398 g/mol. The number of hydrogen-bond acceptors (Lipinski definition) is 3. The Morgan fingerprint density at radius 1 is 1.22 bits per heavy atom. The van der Waals surface area contributed by atoms with E-state index in [4.69, 9.17) is 0 Å². The Bertz CT molecular complexity index is 713. The number of nitrogens with zero attached hydrogens (tertiary/aromatic N) is 2. The van der Waals surface area contributed by atoms with Crippen molar-refractivity contribution in [1.29, 1.82) is 0 Å². The lowest BCUT2D eigenvalue weighted by atomic mass is 10.1. The van der Waals surface area contributed by atoms with E-state index in [1.54, 1.807) is 0 Å². The van der Waals surface area contributed by atoms with Crippen LogP contribution in [0.5, 0.6) is 0 Å². The summed E-state index contributed by atoms with van der Waals surface area (Å²) in [5.41, 5.74) is 0.461. The van der Waals surface area contributed by atoms with Gasteiger partial charge in [-0.15, -0.1) is 11.3 Å². The fourth-order valence-electron chi connectivity index (χ4n) is 2.47.